The van der Waals surface area contributed by atoms with Crippen LogP contribution in [0.25, 0.3) is 0 Å². The first kappa shape index (κ1) is 17.3. The summed E-state index contributed by atoms with van der Waals surface area (Å²) in [5.41, 5.74) is 0.276. The lowest BCUT2D eigenvalue weighted by Crippen LogP contribution is -2.27. The van der Waals surface area contributed by atoms with E-state index in [4.69, 9.17) is 9.15 Å². The van der Waals surface area contributed by atoms with Gasteiger partial charge in [-0.15, -0.1) is 0 Å². The molecular weight excluding hydrogens is 362 g/mol. The molecule has 0 aromatic carbocycles. The molecule has 0 bridgehead atoms. The molecule has 2 aromatic rings. The Morgan fingerprint density at radius 1 is 1.30 bits per heavy atom. The molecule has 2 heterocycles. The molecule has 6 nitrogen and oxygen atoms in total. The van der Waals surface area contributed by atoms with Crippen LogP contribution in [-0.2, 0) is 4.74 Å². The van der Waals surface area contributed by atoms with Gasteiger partial charge in [-0.25, -0.2) is 9.78 Å². The molecule has 0 aliphatic heterocycles. The second-order valence-corrected chi connectivity index (χ2v) is 6.85. The minimum atomic E-state index is -0.543. The molecule has 1 amide bonds. The van der Waals surface area contributed by atoms with Crippen molar-refractivity contribution in [3.8, 4) is 0 Å². The van der Waals surface area contributed by atoms with Gasteiger partial charge in [-0.1, -0.05) is 0 Å². The SMILES string of the molecule is CC(Nc1ccc(NC(=O)OC(C)(C)C)nc1)c1ccc(Br)o1. The van der Waals surface area contributed by atoms with Crippen LogP contribution in [0.5, 0.6) is 0 Å². The highest BCUT2D eigenvalue weighted by molar-refractivity contribution is 9.10. The van der Waals surface area contributed by atoms with Gasteiger partial charge in [0.2, 0.25) is 0 Å². The Kier molecular flexibility index (Phi) is 5.30. The average Bonchev–Trinajstić information content (AvgIpc) is 2.85. The van der Waals surface area contributed by atoms with Crippen molar-refractivity contribution in [2.24, 2.45) is 0 Å². The van der Waals surface area contributed by atoms with E-state index < -0.39 is 11.7 Å². The molecule has 2 aromatic heterocycles. The predicted octanol–water partition coefficient (Wildman–Crippen LogP) is 4.96. The highest BCUT2D eigenvalue weighted by Crippen LogP contribution is 2.23. The molecule has 124 valence electrons. The van der Waals surface area contributed by atoms with E-state index in [1.165, 1.54) is 0 Å². The van der Waals surface area contributed by atoms with Gasteiger partial charge < -0.3 is 14.5 Å². The Bertz CT molecular complexity index is 662. The van der Waals surface area contributed by atoms with Crippen LogP contribution in [-0.4, -0.2) is 16.7 Å². The highest BCUT2D eigenvalue weighted by Gasteiger charge is 2.16. The number of amides is 1. The van der Waals surface area contributed by atoms with Crippen molar-refractivity contribution in [1.82, 2.24) is 4.98 Å². The van der Waals surface area contributed by atoms with Crippen LogP contribution < -0.4 is 10.6 Å². The van der Waals surface area contributed by atoms with Crippen molar-refractivity contribution < 1.29 is 13.9 Å². The summed E-state index contributed by atoms with van der Waals surface area (Å²) in [5, 5.41) is 5.86. The number of furan rings is 1. The van der Waals surface area contributed by atoms with Gasteiger partial charge in [0.1, 0.15) is 17.2 Å². The number of nitrogens with zero attached hydrogens (tertiary/aromatic N) is 1. The van der Waals surface area contributed by atoms with E-state index in [1.54, 1.807) is 33.0 Å². The van der Waals surface area contributed by atoms with Crippen molar-refractivity contribution in [2.45, 2.75) is 39.3 Å². The van der Waals surface area contributed by atoms with Crippen molar-refractivity contribution >= 4 is 33.5 Å². The van der Waals surface area contributed by atoms with E-state index in [0.717, 1.165) is 11.4 Å². The summed E-state index contributed by atoms with van der Waals surface area (Å²) in [6, 6.07) is 7.27. The molecule has 0 fully saturated rings. The third-order valence-corrected chi connectivity index (χ3v) is 3.22. The first-order valence-electron chi connectivity index (χ1n) is 7.21. The normalized spacial score (nSPS) is 12.6. The number of rotatable bonds is 4. The average molecular weight is 382 g/mol. The fourth-order valence-corrected chi connectivity index (χ4v) is 2.16. The first-order chi connectivity index (χ1) is 10.7. The zero-order chi connectivity index (χ0) is 17.0. The molecule has 0 radical (unpaired) electrons. The smallest absolute Gasteiger partial charge is 0.413 e. The lowest BCUT2D eigenvalue weighted by molar-refractivity contribution is 0.0635. The number of carbonyl (C=O) groups excluding carboxylic acids is 1. The maximum Gasteiger partial charge on any atom is 0.413 e. The molecule has 1 unspecified atom stereocenters. The lowest BCUT2D eigenvalue weighted by Gasteiger charge is -2.19. The van der Waals surface area contributed by atoms with E-state index in [0.29, 0.717) is 10.5 Å². The Morgan fingerprint density at radius 3 is 2.57 bits per heavy atom. The highest BCUT2D eigenvalue weighted by atomic mass is 79.9. The summed E-state index contributed by atoms with van der Waals surface area (Å²) < 4.78 is 11.4. The monoisotopic (exact) mass is 381 g/mol. The molecule has 0 saturated carbocycles. The standard InChI is InChI=1S/C16H20BrN3O3/c1-10(12-6-7-13(17)22-12)19-11-5-8-14(18-9-11)20-15(21)23-16(2,3)4/h5-10,19H,1-4H3,(H,18,20,21). The Hall–Kier alpha value is -2.02. The molecule has 0 saturated heterocycles. The van der Waals surface area contributed by atoms with Crippen LogP contribution in [0.15, 0.2) is 39.5 Å². The number of pyridine rings is 1. The second kappa shape index (κ2) is 7.04. The van der Waals surface area contributed by atoms with Crippen LogP contribution in [0.4, 0.5) is 16.3 Å². The second-order valence-electron chi connectivity index (χ2n) is 6.07. The lowest BCUT2D eigenvalue weighted by atomic mass is 10.2. The van der Waals surface area contributed by atoms with Gasteiger partial charge in [0.05, 0.1) is 17.9 Å². The van der Waals surface area contributed by atoms with E-state index >= 15 is 0 Å². The zero-order valence-corrected chi connectivity index (χ0v) is 15.1. The van der Waals surface area contributed by atoms with E-state index in [1.807, 2.05) is 25.1 Å². The number of hydrogen-bond donors (Lipinski definition) is 2. The van der Waals surface area contributed by atoms with Gasteiger partial charge in [-0.05, 0) is 67.9 Å². The molecule has 0 aliphatic carbocycles. The fourth-order valence-electron chi connectivity index (χ4n) is 1.84. The minimum Gasteiger partial charge on any atom is -0.452 e. The van der Waals surface area contributed by atoms with Gasteiger partial charge in [0, 0.05) is 0 Å². The van der Waals surface area contributed by atoms with Gasteiger partial charge in [0.25, 0.3) is 0 Å². The van der Waals surface area contributed by atoms with E-state index in [9.17, 15) is 4.79 Å². The number of hydrogen-bond acceptors (Lipinski definition) is 5. The number of halogens is 1. The molecular formula is C16H20BrN3O3. The van der Waals surface area contributed by atoms with Gasteiger partial charge in [-0.2, -0.15) is 0 Å². The van der Waals surface area contributed by atoms with E-state index in [2.05, 4.69) is 31.5 Å². The Balaban J connectivity index is 1.93. The van der Waals surface area contributed by atoms with Crippen LogP contribution in [0.1, 0.15) is 39.5 Å². The summed E-state index contributed by atoms with van der Waals surface area (Å²) in [7, 11) is 0. The predicted molar refractivity (Wildman–Crippen MR) is 92.5 cm³/mol. The van der Waals surface area contributed by atoms with Crippen LogP contribution in [0, 0.1) is 0 Å². The van der Waals surface area contributed by atoms with Crippen molar-refractivity contribution in [3.05, 3.63) is 40.9 Å². The topological polar surface area (TPSA) is 76.4 Å². The first-order valence-corrected chi connectivity index (χ1v) is 8.00. The van der Waals surface area contributed by atoms with Crippen molar-refractivity contribution in [3.63, 3.8) is 0 Å². The minimum absolute atomic E-state index is 0.00670. The van der Waals surface area contributed by atoms with Crippen molar-refractivity contribution in [2.75, 3.05) is 10.6 Å². The number of ether oxygens (including phenoxy) is 1. The maximum atomic E-state index is 11.7. The fraction of sp³-hybridized carbons (Fsp3) is 0.375. The third-order valence-electron chi connectivity index (χ3n) is 2.80. The molecule has 1 atom stereocenters. The molecule has 0 spiro atoms. The Labute approximate surface area is 143 Å². The van der Waals surface area contributed by atoms with Crippen LogP contribution in [0.2, 0.25) is 0 Å². The summed E-state index contributed by atoms with van der Waals surface area (Å²) in [6.07, 6.45) is 1.11. The van der Waals surface area contributed by atoms with Gasteiger partial charge >= 0.3 is 6.09 Å². The quantitative estimate of drug-likeness (QED) is 0.782. The third kappa shape index (κ3) is 5.59. The maximum absolute atomic E-state index is 11.7. The summed E-state index contributed by atoms with van der Waals surface area (Å²) in [4.78, 5) is 15.9. The van der Waals surface area contributed by atoms with E-state index in [-0.39, 0.29) is 6.04 Å². The Morgan fingerprint density at radius 2 is 2.04 bits per heavy atom. The molecule has 23 heavy (non-hydrogen) atoms. The number of carbonyl (C=O) groups is 1. The number of aromatic nitrogens is 1. The molecule has 2 rings (SSSR count). The summed E-state index contributed by atoms with van der Waals surface area (Å²) >= 11 is 3.28. The summed E-state index contributed by atoms with van der Waals surface area (Å²) in [6.45, 7) is 7.41. The largest absolute Gasteiger partial charge is 0.452 e. The van der Waals surface area contributed by atoms with Gasteiger partial charge in [0.15, 0.2) is 4.67 Å². The number of anilines is 2. The molecule has 2 N–H and O–H groups in total. The number of nitrogens with one attached hydrogen (secondary N) is 2. The van der Waals surface area contributed by atoms with Gasteiger partial charge in [-0.3, -0.25) is 5.32 Å². The molecule has 7 heteroatoms. The van der Waals surface area contributed by atoms with Crippen LogP contribution >= 0.6 is 15.9 Å². The van der Waals surface area contributed by atoms with Crippen molar-refractivity contribution in [1.29, 1.82) is 0 Å². The molecule has 0 aliphatic rings. The zero-order valence-electron chi connectivity index (χ0n) is 13.5. The summed E-state index contributed by atoms with van der Waals surface area (Å²) in [5.74, 6) is 1.24. The van der Waals surface area contributed by atoms with Crippen LogP contribution in [0.3, 0.4) is 0 Å².